The van der Waals surface area contributed by atoms with Crippen LogP contribution in [0.5, 0.6) is 0 Å². The summed E-state index contributed by atoms with van der Waals surface area (Å²) < 4.78 is 10.8. The molecule has 1 saturated heterocycles. The van der Waals surface area contributed by atoms with Gasteiger partial charge in [-0.3, -0.25) is 0 Å². The average molecular weight is 553 g/mol. The number of carbonyl (C=O) groups excluding carboxylic acids is 2. The molecule has 0 bridgehead atoms. The van der Waals surface area contributed by atoms with Gasteiger partial charge in [-0.15, -0.1) is 0 Å². The summed E-state index contributed by atoms with van der Waals surface area (Å²) in [5, 5.41) is 18.7. The average Bonchev–Trinajstić information content (AvgIpc) is 2.98. The fourth-order valence-corrected chi connectivity index (χ4v) is 4.20. The van der Waals surface area contributed by atoms with Crippen molar-refractivity contribution < 1.29 is 19.1 Å². The van der Waals surface area contributed by atoms with E-state index in [4.69, 9.17) is 9.47 Å². The first-order valence-corrected chi connectivity index (χ1v) is 14.8. The molecule has 0 radical (unpaired) electrons. The molecule has 220 valence electrons. The highest BCUT2D eigenvalue weighted by Gasteiger charge is 2.15. The van der Waals surface area contributed by atoms with Crippen molar-refractivity contribution in [1.29, 1.82) is 10.5 Å². The molecular weight excluding hydrogens is 504 g/mol. The van der Waals surface area contributed by atoms with E-state index in [-0.39, 0.29) is 11.1 Å². The van der Waals surface area contributed by atoms with Gasteiger partial charge in [0.05, 0.1) is 13.2 Å². The maximum atomic E-state index is 12.3. The van der Waals surface area contributed by atoms with Gasteiger partial charge in [0, 0.05) is 26.2 Å². The van der Waals surface area contributed by atoms with E-state index in [0.29, 0.717) is 25.0 Å². The van der Waals surface area contributed by atoms with Crippen molar-refractivity contribution in [1.82, 2.24) is 9.80 Å². The lowest BCUT2D eigenvalue weighted by molar-refractivity contribution is -0.140. The number of carbonyl (C=O) groups is 2. The van der Waals surface area contributed by atoms with E-state index in [1.54, 1.807) is 12.2 Å². The number of hydrogen-bond acceptors (Lipinski definition) is 8. The summed E-state index contributed by atoms with van der Waals surface area (Å²) in [7, 11) is 0. The van der Waals surface area contributed by atoms with Gasteiger partial charge in [0.1, 0.15) is 23.3 Å². The Bertz CT molecular complexity index is 884. The Morgan fingerprint density at radius 1 is 0.725 bits per heavy atom. The lowest BCUT2D eigenvalue weighted by Gasteiger charge is -2.33. The van der Waals surface area contributed by atoms with Crippen molar-refractivity contribution in [3.63, 3.8) is 0 Å². The molecule has 8 heteroatoms. The third-order valence-electron chi connectivity index (χ3n) is 7.14. The van der Waals surface area contributed by atoms with Crippen LogP contribution in [0.2, 0.25) is 0 Å². The van der Waals surface area contributed by atoms with Crippen molar-refractivity contribution in [3.8, 4) is 12.1 Å². The van der Waals surface area contributed by atoms with Gasteiger partial charge in [-0.2, -0.15) is 10.5 Å². The molecule has 0 N–H and O–H groups in total. The van der Waals surface area contributed by atoms with Crippen LogP contribution >= 0.6 is 0 Å². The Kier molecular flexibility index (Phi) is 18.4. The van der Waals surface area contributed by atoms with E-state index >= 15 is 0 Å². The summed E-state index contributed by atoms with van der Waals surface area (Å²) in [5.74, 6) is -0.497. The topological polar surface area (TPSA) is 107 Å². The second kappa shape index (κ2) is 21.3. The number of nitriles is 2. The monoisotopic (exact) mass is 552 g/mol. The molecule has 40 heavy (non-hydrogen) atoms. The zero-order chi connectivity index (χ0) is 29.6. The molecule has 0 aromatic heterocycles. The van der Waals surface area contributed by atoms with Crippen LogP contribution in [0.15, 0.2) is 47.9 Å². The van der Waals surface area contributed by atoms with Gasteiger partial charge >= 0.3 is 11.9 Å². The maximum Gasteiger partial charge on any atom is 0.348 e. The van der Waals surface area contributed by atoms with E-state index in [9.17, 15) is 20.1 Å². The molecule has 0 amide bonds. The minimum absolute atomic E-state index is 0.00653. The van der Waals surface area contributed by atoms with Crippen molar-refractivity contribution in [2.75, 3.05) is 39.4 Å². The predicted molar refractivity (Wildman–Crippen MR) is 157 cm³/mol. The lowest BCUT2D eigenvalue weighted by Crippen LogP contribution is -2.41. The van der Waals surface area contributed by atoms with Gasteiger partial charge in [-0.1, -0.05) is 66.2 Å². The summed E-state index contributed by atoms with van der Waals surface area (Å²) in [6, 6.07) is 3.88. The molecule has 1 heterocycles. The van der Waals surface area contributed by atoms with E-state index < -0.39 is 11.9 Å². The lowest BCUT2D eigenvalue weighted by atomic mass is 10.0. The first-order chi connectivity index (χ1) is 19.4. The summed E-state index contributed by atoms with van der Waals surface area (Å²) >= 11 is 0. The van der Waals surface area contributed by atoms with Gasteiger partial charge in [0.2, 0.25) is 0 Å². The number of allylic oxidation sites excluding steroid dienone is 4. The Morgan fingerprint density at radius 3 is 1.40 bits per heavy atom. The number of hydrogen-bond donors (Lipinski definition) is 0. The van der Waals surface area contributed by atoms with Crippen molar-refractivity contribution >= 4 is 11.9 Å². The highest BCUT2D eigenvalue weighted by atomic mass is 16.5. The number of esters is 2. The number of nitrogens with zero attached hydrogens (tertiary/aromatic N) is 4. The van der Waals surface area contributed by atoms with E-state index in [1.807, 2.05) is 24.5 Å². The molecule has 1 aliphatic rings. The van der Waals surface area contributed by atoms with Crippen molar-refractivity contribution in [2.45, 2.75) is 79.1 Å². The summed E-state index contributed by atoms with van der Waals surface area (Å²) in [6.45, 7) is 12.2. The van der Waals surface area contributed by atoms with Crippen LogP contribution in [0.3, 0.4) is 0 Å². The zero-order valence-corrected chi connectivity index (χ0v) is 24.9. The van der Waals surface area contributed by atoms with Crippen LogP contribution in [-0.4, -0.2) is 61.1 Å². The van der Waals surface area contributed by atoms with Gasteiger partial charge in [0.25, 0.3) is 0 Å². The fraction of sp³-hybridized carbons (Fsp3) is 0.625. The molecule has 1 aliphatic heterocycles. The molecule has 8 nitrogen and oxygen atoms in total. The van der Waals surface area contributed by atoms with Crippen molar-refractivity contribution in [2.24, 2.45) is 11.8 Å². The van der Waals surface area contributed by atoms with E-state index in [1.165, 1.54) is 12.2 Å². The first kappa shape index (κ1) is 34.5. The Morgan fingerprint density at radius 2 is 1.10 bits per heavy atom. The third kappa shape index (κ3) is 14.0. The van der Waals surface area contributed by atoms with Gasteiger partial charge < -0.3 is 19.3 Å². The van der Waals surface area contributed by atoms with Gasteiger partial charge in [0.15, 0.2) is 0 Å². The van der Waals surface area contributed by atoms with Crippen LogP contribution in [-0.2, 0) is 19.1 Å². The number of ether oxygens (including phenoxy) is 2. The molecule has 0 aromatic carbocycles. The molecule has 0 aliphatic carbocycles. The summed E-state index contributed by atoms with van der Waals surface area (Å²) in [5.41, 5.74) is -0.0131. The quantitative estimate of drug-likeness (QED) is 0.0875. The molecule has 2 unspecified atom stereocenters. The number of rotatable bonds is 18. The highest BCUT2D eigenvalue weighted by molar-refractivity contribution is 5.93. The Balaban J connectivity index is 2.52. The summed E-state index contributed by atoms with van der Waals surface area (Å²) in [4.78, 5) is 28.8. The molecule has 2 atom stereocenters. The number of unbranched alkanes of at least 4 members (excludes halogenated alkanes) is 2. The largest absolute Gasteiger partial charge is 0.461 e. The standard InChI is InChI=1S/C32H48N4O4/c1-5-9-13-27(7-3)25-39-31(37)29(23-33)15-11-17-35-19-21-36(22-20-35)18-12-16-30(24-34)32(38)40-26-28(8-4)14-10-6-2/h11-12,15-18,27-28H,5-10,13-14,19-22,25-26H2,1-4H3. The van der Waals surface area contributed by atoms with E-state index in [0.717, 1.165) is 77.5 Å². The molecule has 0 saturated carbocycles. The first-order valence-electron chi connectivity index (χ1n) is 14.8. The van der Waals surface area contributed by atoms with Crippen molar-refractivity contribution in [3.05, 3.63) is 47.9 Å². The smallest absolute Gasteiger partial charge is 0.348 e. The third-order valence-corrected chi connectivity index (χ3v) is 7.14. The van der Waals surface area contributed by atoms with Crippen LogP contribution < -0.4 is 0 Å². The Labute approximate surface area is 241 Å². The SMILES string of the molecule is CCCCC(CC)COC(=O)C(C#N)=CC=CN1CCN(C=CC=C(C#N)C(=O)OCC(CC)CCCC)CC1. The van der Waals surface area contributed by atoms with E-state index in [2.05, 4.69) is 37.5 Å². The fourth-order valence-electron chi connectivity index (χ4n) is 4.20. The molecule has 0 aromatic rings. The van der Waals surface area contributed by atoms with Crippen LogP contribution in [0.25, 0.3) is 0 Å². The molecular formula is C32H48N4O4. The molecule has 0 spiro atoms. The van der Waals surface area contributed by atoms with Gasteiger partial charge in [-0.25, -0.2) is 9.59 Å². The molecule has 1 fully saturated rings. The maximum absolute atomic E-state index is 12.3. The minimum Gasteiger partial charge on any atom is -0.461 e. The highest BCUT2D eigenvalue weighted by Crippen LogP contribution is 2.15. The van der Waals surface area contributed by atoms with Crippen LogP contribution in [0.4, 0.5) is 0 Å². The van der Waals surface area contributed by atoms with Gasteiger partial charge in [-0.05, 0) is 61.4 Å². The van der Waals surface area contributed by atoms with Crippen LogP contribution in [0, 0.1) is 34.5 Å². The second-order valence-corrected chi connectivity index (χ2v) is 10.2. The predicted octanol–water partition coefficient (Wildman–Crippen LogP) is 6.05. The molecule has 1 rings (SSSR count). The number of piperazine rings is 1. The zero-order valence-electron chi connectivity index (χ0n) is 24.9. The minimum atomic E-state index is -0.576. The normalized spacial score (nSPS) is 16.1. The second-order valence-electron chi connectivity index (χ2n) is 10.2. The Hall–Kier alpha value is -3.52. The van der Waals surface area contributed by atoms with Crippen LogP contribution in [0.1, 0.15) is 79.1 Å². The summed E-state index contributed by atoms with van der Waals surface area (Å²) in [6.07, 6.45) is 18.5.